The van der Waals surface area contributed by atoms with Gasteiger partial charge in [0.05, 0.1) is 5.25 Å². The van der Waals surface area contributed by atoms with Gasteiger partial charge in [0.25, 0.3) is 0 Å². The molecule has 1 rings (SSSR count). The summed E-state index contributed by atoms with van der Waals surface area (Å²) in [5.74, 6) is 1.00. The summed E-state index contributed by atoms with van der Waals surface area (Å²) in [7, 11) is 0. The van der Waals surface area contributed by atoms with Gasteiger partial charge in [-0.2, -0.15) is 0 Å². The Morgan fingerprint density at radius 3 is 2.07 bits per heavy atom. The molecule has 155 valence electrons. The zero-order valence-corrected chi connectivity index (χ0v) is 21.9. The number of carbonyl (C=O) groups excluding carboxylic acids is 3. The van der Waals surface area contributed by atoms with Crippen molar-refractivity contribution >= 4 is 29.4 Å². The van der Waals surface area contributed by atoms with Gasteiger partial charge in [0.1, 0.15) is 5.78 Å². The number of Topliss-reactive ketones (excluding diaryl/α,β-unsaturated/α-hetero) is 1. The van der Waals surface area contributed by atoms with E-state index < -0.39 is 0 Å². The van der Waals surface area contributed by atoms with Crippen molar-refractivity contribution in [3.8, 4) is 0 Å². The maximum absolute atomic E-state index is 11.8. The van der Waals surface area contributed by atoms with Gasteiger partial charge in [-0.1, -0.05) is 61.4 Å². The van der Waals surface area contributed by atoms with Crippen molar-refractivity contribution in [3.05, 3.63) is 13.8 Å². The van der Waals surface area contributed by atoms with Gasteiger partial charge < -0.3 is 23.5 Å². The van der Waals surface area contributed by atoms with Gasteiger partial charge in [-0.15, -0.1) is 17.7 Å². The summed E-state index contributed by atoms with van der Waals surface area (Å²) in [4.78, 5) is 35.8. The molecule has 0 N–H and O–H groups in total. The summed E-state index contributed by atoms with van der Waals surface area (Å²) in [6.07, 6.45) is 2.26. The minimum atomic E-state index is -0.252. The Bertz CT molecular complexity index is 495. The van der Waals surface area contributed by atoms with Crippen molar-refractivity contribution in [1.29, 1.82) is 0 Å². The number of carbonyl (C=O) groups is 3. The van der Waals surface area contributed by atoms with E-state index >= 15 is 0 Å². The van der Waals surface area contributed by atoms with Gasteiger partial charge in [0, 0.05) is 44.5 Å². The second kappa shape index (κ2) is 12.7. The largest absolute Gasteiger partial charge is 0.333 e. The first-order valence-electron chi connectivity index (χ1n) is 9.37. The van der Waals surface area contributed by atoms with Crippen LogP contribution in [-0.2, 0) is 47.1 Å². The van der Waals surface area contributed by atoms with E-state index in [0.717, 1.165) is 18.6 Å². The molecule has 6 heteroatoms. The van der Waals surface area contributed by atoms with Crippen molar-refractivity contribution in [2.24, 2.45) is 16.7 Å². The van der Waals surface area contributed by atoms with Crippen LogP contribution in [0.1, 0.15) is 67.7 Å². The number of nitrogens with zero attached hydrogens (tertiary/aromatic N) is 1. The van der Waals surface area contributed by atoms with Crippen LogP contribution in [0, 0.1) is 30.6 Å². The topological polar surface area (TPSA) is 54.5 Å². The number of rotatable bonds is 6. The SMILES string of the molecule is [CH2-]C(CC(C)(C)C)C(=O)C(C)(C)C.[CH2-]CN1C(=O)CC(SCCC)C1=O.[Y]. The summed E-state index contributed by atoms with van der Waals surface area (Å²) in [6.45, 7) is 22.1. The number of amides is 2. The van der Waals surface area contributed by atoms with E-state index in [4.69, 9.17) is 0 Å². The van der Waals surface area contributed by atoms with Crippen molar-refractivity contribution in [3.63, 3.8) is 0 Å². The van der Waals surface area contributed by atoms with Crippen LogP contribution in [0.2, 0.25) is 0 Å². The Labute approximate surface area is 196 Å². The number of hydrogen-bond donors (Lipinski definition) is 0. The average molecular weight is 473 g/mol. The summed E-state index contributed by atoms with van der Waals surface area (Å²) in [5, 5.41) is -0.144. The second-order valence-electron chi connectivity index (χ2n) is 9.02. The van der Waals surface area contributed by atoms with E-state index in [1.165, 1.54) is 4.90 Å². The molecule has 1 heterocycles. The quantitative estimate of drug-likeness (QED) is 0.420. The van der Waals surface area contributed by atoms with Crippen LogP contribution in [0.3, 0.4) is 0 Å². The molecule has 0 bridgehead atoms. The molecule has 0 aromatic heterocycles. The molecule has 4 nitrogen and oxygen atoms in total. The third-order valence-electron chi connectivity index (χ3n) is 3.92. The summed E-state index contributed by atoms with van der Waals surface area (Å²) in [5.41, 5.74) is -0.0645. The fourth-order valence-electron chi connectivity index (χ4n) is 2.72. The molecule has 0 aromatic carbocycles. The molecule has 0 spiro atoms. The molecule has 0 aliphatic carbocycles. The summed E-state index contributed by atoms with van der Waals surface area (Å²) in [6, 6.07) is 0. The zero-order chi connectivity index (χ0) is 20.7. The minimum Gasteiger partial charge on any atom is -0.333 e. The Kier molecular flexibility index (Phi) is 13.9. The molecular formula is C21H37NO3SY-2. The third-order valence-corrected chi connectivity index (χ3v) is 5.33. The van der Waals surface area contributed by atoms with Crippen LogP contribution >= 0.6 is 11.8 Å². The fraction of sp³-hybridized carbons (Fsp3) is 0.762. The van der Waals surface area contributed by atoms with E-state index in [-0.39, 0.29) is 78.8 Å². The van der Waals surface area contributed by atoms with Gasteiger partial charge >= 0.3 is 0 Å². The molecule has 2 amide bonds. The number of likely N-dealkylation sites (tertiary alicyclic amines) is 1. The van der Waals surface area contributed by atoms with Crippen molar-refractivity contribution in [2.75, 3.05) is 12.3 Å². The Morgan fingerprint density at radius 2 is 1.74 bits per heavy atom. The minimum absolute atomic E-state index is 0. The standard InChI is InChI=1S/C12H23O.C9H14NO2S.Y/c1-9(8-11(2,3)4)10(13)12(5,6)7;1-3-5-13-7-6-8(11)10(4-2)9(7)12;/h9H,1,8H2,2-7H3;7H,2-6H2,1H3;/q2*-1;. The molecule has 1 aliphatic heterocycles. The van der Waals surface area contributed by atoms with Crippen LogP contribution in [0.25, 0.3) is 0 Å². The molecule has 0 saturated carbocycles. The van der Waals surface area contributed by atoms with Crippen molar-refractivity contribution < 1.29 is 47.1 Å². The van der Waals surface area contributed by atoms with E-state index in [2.05, 4.69) is 41.5 Å². The van der Waals surface area contributed by atoms with Crippen LogP contribution in [0.5, 0.6) is 0 Å². The molecule has 2 atom stereocenters. The maximum atomic E-state index is 11.8. The fourth-order valence-corrected chi connectivity index (χ4v) is 3.77. The summed E-state index contributed by atoms with van der Waals surface area (Å²) >= 11 is 1.58. The molecule has 27 heavy (non-hydrogen) atoms. The van der Waals surface area contributed by atoms with E-state index in [1.807, 2.05) is 20.8 Å². The first kappa shape index (κ1) is 29.5. The van der Waals surface area contributed by atoms with E-state index in [9.17, 15) is 14.4 Å². The van der Waals surface area contributed by atoms with Gasteiger partial charge in [0.2, 0.25) is 11.8 Å². The molecule has 1 radical (unpaired) electrons. The van der Waals surface area contributed by atoms with Gasteiger partial charge in [-0.3, -0.25) is 9.59 Å². The summed E-state index contributed by atoms with van der Waals surface area (Å²) < 4.78 is 0. The molecule has 0 aromatic rings. The number of imide groups is 1. The average Bonchev–Trinajstić information content (AvgIpc) is 2.76. The Morgan fingerprint density at radius 1 is 1.22 bits per heavy atom. The van der Waals surface area contributed by atoms with Gasteiger partial charge in [0.15, 0.2) is 0 Å². The molecule has 2 unspecified atom stereocenters. The predicted octanol–water partition coefficient (Wildman–Crippen LogP) is 4.58. The second-order valence-corrected chi connectivity index (χ2v) is 10.3. The van der Waals surface area contributed by atoms with Crippen LogP contribution in [0.15, 0.2) is 0 Å². The Balaban J connectivity index is 0. The monoisotopic (exact) mass is 472 g/mol. The third kappa shape index (κ3) is 11.1. The number of thioether (sulfide) groups is 1. The molecule has 1 aliphatic rings. The van der Waals surface area contributed by atoms with Crippen LogP contribution < -0.4 is 0 Å². The smallest absolute Gasteiger partial charge is 0.240 e. The van der Waals surface area contributed by atoms with Gasteiger partial charge in [-0.05, 0) is 17.6 Å². The van der Waals surface area contributed by atoms with E-state index in [1.54, 1.807) is 11.8 Å². The van der Waals surface area contributed by atoms with Crippen LogP contribution in [-0.4, -0.2) is 40.0 Å². The first-order valence-corrected chi connectivity index (χ1v) is 10.4. The number of hydrogen-bond acceptors (Lipinski definition) is 4. The van der Waals surface area contributed by atoms with Crippen LogP contribution in [0.4, 0.5) is 0 Å². The molecular weight excluding hydrogens is 435 g/mol. The molecule has 1 fully saturated rings. The Hall–Kier alpha value is 0.264. The molecule has 1 saturated heterocycles. The van der Waals surface area contributed by atoms with Gasteiger partial charge in [-0.25, -0.2) is 0 Å². The van der Waals surface area contributed by atoms with Crippen molar-refractivity contribution in [2.45, 2.75) is 73.0 Å². The van der Waals surface area contributed by atoms with E-state index in [0.29, 0.717) is 6.42 Å². The first-order chi connectivity index (χ1) is 11.7. The maximum Gasteiger partial charge on any atom is 0.240 e. The predicted molar refractivity (Wildman–Crippen MR) is 111 cm³/mol. The van der Waals surface area contributed by atoms with Crippen molar-refractivity contribution in [1.82, 2.24) is 4.90 Å². The normalized spacial score (nSPS) is 18.6. The zero-order valence-electron chi connectivity index (χ0n) is 18.3. The number of ketones is 1.